The molecule has 0 saturated heterocycles. The summed E-state index contributed by atoms with van der Waals surface area (Å²) < 4.78 is 37.1. The van der Waals surface area contributed by atoms with E-state index >= 15 is 0 Å². The molecule has 0 aliphatic heterocycles. The van der Waals surface area contributed by atoms with Crippen molar-refractivity contribution in [3.8, 4) is 34.5 Å². The number of hydrogen-bond acceptors (Lipinski definition) is 21. The average Bonchev–Trinajstić information content (AvgIpc) is 0.747. The normalized spacial score (nSPS) is 11.4. The Hall–Kier alpha value is -10.7. The lowest BCUT2D eigenvalue weighted by molar-refractivity contribution is 0.0941. The topological polar surface area (TPSA) is 299 Å². The fourth-order valence-corrected chi connectivity index (χ4v) is 13.2. The Labute approximate surface area is 704 Å². The molecule has 7 aromatic rings. The van der Waals surface area contributed by atoms with E-state index in [0.29, 0.717) is 174 Å². The van der Waals surface area contributed by atoms with Crippen molar-refractivity contribution in [1.29, 1.82) is 0 Å². The zero-order valence-electron chi connectivity index (χ0n) is 73.0. The summed E-state index contributed by atoms with van der Waals surface area (Å²) in [6.45, 7) is 8.49. The van der Waals surface area contributed by atoms with Crippen LogP contribution in [0.1, 0.15) is 156 Å². The van der Waals surface area contributed by atoms with Gasteiger partial charge in [-0.2, -0.15) is 0 Å². The SMILES string of the molecule is CN(C)Cc1cc(CN(C)C)cc(C(=O)NCCCOc2cc(OCCCNC(=O)c3cc(CN(C)C)cc(CN(C)C)c3)cc(C(=O)NCCCOc3cc(OCCCNC(=O)c4cc(OCCCNC(=O)c5cc(CN(C)C)cc(CN(C)C)c5)cc(OCCCNC(=O)c5cc(CN(C)C)cc(CN(C)C)c5)c4)cc(C(N)=O)c3)c2)c1. The minimum absolute atomic E-state index is 0.141. The molecule has 0 spiro atoms. The van der Waals surface area contributed by atoms with E-state index in [4.69, 9.17) is 34.2 Å². The number of hydrogen-bond donors (Lipinski definition) is 7. The predicted molar refractivity (Wildman–Crippen MR) is 467 cm³/mol. The Morgan fingerprint density at radius 2 is 0.361 bits per heavy atom. The minimum atomic E-state index is -0.697. The highest BCUT2D eigenvalue weighted by atomic mass is 16.5. The lowest BCUT2D eigenvalue weighted by Crippen LogP contribution is -2.27. The van der Waals surface area contributed by atoms with Gasteiger partial charge in [-0.3, -0.25) is 33.6 Å². The van der Waals surface area contributed by atoms with Crippen LogP contribution in [0.3, 0.4) is 0 Å². The van der Waals surface area contributed by atoms with Gasteiger partial charge in [0.1, 0.15) is 34.5 Å². The van der Waals surface area contributed by atoms with Crippen molar-refractivity contribution in [1.82, 2.24) is 71.1 Å². The molecule has 0 atom stereocenters. The van der Waals surface area contributed by atoms with Crippen LogP contribution in [-0.2, 0) is 52.4 Å². The first-order chi connectivity index (χ1) is 56.8. The Balaban J connectivity index is 0.931. The lowest BCUT2D eigenvalue weighted by atomic mass is 10.0. The number of benzene rings is 7. The summed E-state index contributed by atoms with van der Waals surface area (Å²) >= 11 is 0. The van der Waals surface area contributed by atoms with Crippen LogP contribution in [0.15, 0.2) is 127 Å². The molecule has 0 aliphatic carbocycles. The molecule has 7 rings (SSSR count). The third kappa shape index (κ3) is 36.2. The van der Waals surface area contributed by atoms with Crippen LogP contribution in [-0.4, -0.2) is 272 Å². The summed E-state index contributed by atoms with van der Waals surface area (Å²) in [5, 5.41) is 18.1. The molecule has 0 heterocycles. The fourth-order valence-electron chi connectivity index (χ4n) is 13.2. The molecule has 0 fully saturated rings. The summed E-state index contributed by atoms with van der Waals surface area (Å²) in [7, 11) is 31.9. The first kappa shape index (κ1) is 95.5. The van der Waals surface area contributed by atoms with E-state index in [0.717, 1.165) is 44.5 Å². The van der Waals surface area contributed by atoms with Crippen LogP contribution in [0.2, 0.25) is 0 Å². The molecule has 8 N–H and O–H groups in total. The molecule has 0 aliphatic rings. The standard InChI is InChI=1S/C91H129N15O13/c1-99(2)56-64-35-65(57-100(3)4)40-73(39-64)86(108)93-23-17-31-116-81-49-77(50-82(54-81)117-32-18-24-94-87(109)74-41-66(58-101(5)6)36-67(42-74)59-102(7)8)90(112)97-27-21-29-114-79-47-72(85(92)107)48-80(53-79)115-30-22-28-98-91(113)78-51-83(118-33-19-25-95-88(110)75-43-68(60-103(9)10)37-69(44-75)61-104(11)12)55-84(52-78)119-34-20-26-96-89(111)76-45-70(62-105(13)14)38-71(46-76)63-106(15)16/h35-55H,17-34,56-63H2,1-16H3,(H2,92,107)(H,93,108)(H,94,109)(H,95,110)(H,96,111)(H,97,112)(H,98,113). The predicted octanol–water partition coefficient (Wildman–Crippen LogP) is 8.47. The van der Waals surface area contributed by atoms with Crippen LogP contribution in [0.4, 0.5) is 0 Å². The van der Waals surface area contributed by atoms with Crippen molar-refractivity contribution < 1.29 is 62.0 Å². The number of primary amides is 1. The number of ether oxygens (including phenoxy) is 6. The third-order valence-electron chi connectivity index (χ3n) is 18.0. The molecular weight excluding hydrogens is 1510 g/mol. The molecule has 0 bridgehead atoms. The average molecular weight is 1640 g/mol. The minimum Gasteiger partial charge on any atom is -0.493 e. The summed E-state index contributed by atoms with van der Waals surface area (Å²) in [5.74, 6) is -0.0363. The molecule has 28 nitrogen and oxygen atoms in total. The van der Waals surface area contributed by atoms with Gasteiger partial charge in [-0.1, -0.05) is 24.3 Å². The first-order valence-electron chi connectivity index (χ1n) is 40.7. The molecule has 119 heavy (non-hydrogen) atoms. The molecule has 646 valence electrons. The first-order valence-corrected chi connectivity index (χ1v) is 40.7. The van der Waals surface area contributed by atoms with Crippen LogP contribution in [0.5, 0.6) is 34.5 Å². The third-order valence-corrected chi connectivity index (χ3v) is 18.0. The van der Waals surface area contributed by atoms with Gasteiger partial charge in [0.25, 0.3) is 35.4 Å². The number of nitrogens with one attached hydrogen (secondary N) is 6. The molecule has 28 heteroatoms. The van der Waals surface area contributed by atoms with E-state index < -0.39 is 17.7 Å². The summed E-state index contributed by atoms with van der Waals surface area (Å²) in [6.07, 6.45) is 2.62. The number of carbonyl (C=O) groups is 7. The Morgan fingerprint density at radius 3 is 0.504 bits per heavy atom. The van der Waals surface area contributed by atoms with Crippen LogP contribution in [0, 0.1) is 0 Å². The van der Waals surface area contributed by atoms with Gasteiger partial charge in [0.2, 0.25) is 5.91 Å². The number of nitrogens with two attached hydrogens (primary N) is 1. The highest BCUT2D eigenvalue weighted by Gasteiger charge is 2.20. The van der Waals surface area contributed by atoms with Crippen molar-refractivity contribution in [3.63, 3.8) is 0 Å². The van der Waals surface area contributed by atoms with Gasteiger partial charge in [-0.15, -0.1) is 0 Å². The lowest BCUT2D eigenvalue weighted by Gasteiger charge is -2.16. The van der Waals surface area contributed by atoms with Gasteiger partial charge in [0.15, 0.2) is 0 Å². The highest BCUT2D eigenvalue weighted by molar-refractivity contribution is 5.98. The maximum absolute atomic E-state index is 13.9. The summed E-state index contributed by atoms with van der Waals surface area (Å²) in [6, 6.07) is 38.5. The van der Waals surface area contributed by atoms with Crippen LogP contribution < -0.4 is 66.1 Å². The van der Waals surface area contributed by atoms with Gasteiger partial charge in [0, 0.05) is 149 Å². The number of carbonyl (C=O) groups excluding carboxylic acids is 7. The van der Waals surface area contributed by atoms with Crippen molar-refractivity contribution >= 4 is 41.4 Å². The Bertz CT molecular complexity index is 3860. The second kappa shape index (κ2) is 49.6. The molecule has 0 unspecified atom stereocenters. The van der Waals surface area contributed by atoms with E-state index in [-0.39, 0.29) is 93.0 Å². The Kier molecular flexibility index (Phi) is 39.8. The van der Waals surface area contributed by atoms with Gasteiger partial charge < -0.3 is 105 Å². The smallest absolute Gasteiger partial charge is 0.251 e. The second-order valence-electron chi connectivity index (χ2n) is 32.2. The van der Waals surface area contributed by atoms with Crippen LogP contribution >= 0.6 is 0 Å². The summed E-state index contributed by atoms with van der Waals surface area (Å²) in [5.41, 5.74) is 17.2. The summed E-state index contributed by atoms with van der Waals surface area (Å²) in [4.78, 5) is 111. The zero-order valence-corrected chi connectivity index (χ0v) is 73.0. The van der Waals surface area contributed by atoms with Crippen molar-refractivity contribution in [2.24, 2.45) is 5.73 Å². The number of nitrogens with zero attached hydrogens (tertiary/aromatic N) is 8. The molecule has 0 saturated carbocycles. The van der Waals surface area contributed by atoms with Crippen molar-refractivity contribution in [2.75, 3.05) is 192 Å². The van der Waals surface area contributed by atoms with E-state index in [1.807, 2.05) is 161 Å². The number of rotatable bonds is 53. The van der Waals surface area contributed by atoms with Crippen molar-refractivity contribution in [2.45, 2.75) is 90.9 Å². The van der Waals surface area contributed by atoms with E-state index in [1.54, 1.807) is 42.5 Å². The van der Waals surface area contributed by atoms with E-state index in [2.05, 4.69) is 95.4 Å². The molecule has 7 aromatic carbocycles. The van der Waals surface area contributed by atoms with E-state index in [9.17, 15) is 33.6 Å². The quantitative estimate of drug-likeness (QED) is 0.0176. The second-order valence-corrected chi connectivity index (χ2v) is 32.2. The van der Waals surface area contributed by atoms with Crippen LogP contribution in [0.25, 0.3) is 0 Å². The maximum Gasteiger partial charge on any atom is 0.251 e. The highest BCUT2D eigenvalue weighted by Crippen LogP contribution is 2.28. The molecular formula is C91H129N15O13. The van der Waals surface area contributed by atoms with Crippen molar-refractivity contribution in [3.05, 3.63) is 211 Å². The van der Waals surface area contributed by atoms with Gasteiger partial charge in [-0.05, 0) is 281 Å². The fraction of sp³-hybridized carbons (Fsp3) is 0.462. The molecule has 0 aromatic heterocycles. The van der Waals surface area contributed by atoms with E-state index in [1.165, 1.54) is 12.1 Å². The maximum atomic E-state index is 13.9. The Morgan fingerprint density at radius 1 is 0.218 bits per heavy atom. The van der Waals surface area contributed by atoms with Gasteiger partial charge >= 0.3 is 0 Å². The molecule has 7 amide bonds. The van der Waals surface area contributed by atoms with Gasteiger partial charge in [0.05, 0.1) is 39.6 Å². The molecule has 0 radical (unpaired) electrons. The van der Waals surface area contributed by atoms with Gasteiger partial charge in [-0.25, -0.2) is 0 Å². The number of amides is 7. The largest absolute Gasteiger partial charge is 0.493 e. The zero-order chi connectivity index (χ0) is 86.5. The monoisotopic (exact) mass is 1640 g/mol.